The van der Waals surface area contributed by atoms with Crippen LogP contribution in [0.2, 0.25) is 0 Å². The predicted molar refractivity (Wildman–Crippen MR) is 67.0 cm³/mol. The molecule has 0 atom stereocenters. The van der Waals surface area contributed by atoms with E-state index >= 15 is 0 Å². The van der Waals surface area contributed by atoms with Crippen LogP contribution in [-0.4, -0.2) is 41.1 Å². The van der Waals surface area contributed by atoms with Crippen molar-refractivity contribution < 1.29 is 9.53 Å². The molecule has 1 aliphatic heterocycles. The number of carbonyl (C=O) groups excluding carboxylic acids is 1. The van der Waals surface area contributed by atoms with E-state index in [1.165, 1.54) is 0 Å². The average molecular weight is 254 g/mol. The van der Waals surface area contributed by atoms with E-state index in [4.69, 9.17) is 4.74 Å². The van der Waals surface area contributed by atoms with Crippen LogP contribution >= 0.6 is 11.3 Å². The Morgan fingerprint density at radius 1 is 1.65 bits per heavy atom. The van der Waals surface area contributed by atoms with Gasteiger partial charge in [0.2, 0.25) is 5.91 Å². The quantitative estimate of drug-likeness (QED) is 0.803. The molecule has 2 heterocycles. The molecule has 0 aliphatic carbocycles. The highest BCUT2D eigenvalue weighted by Crippen LogP contribution is 2.25. The lowest BCUT2D eigenvalue weighted by atomic mass is 9.95. The third-order valence-electron chi connectivity index (χ3n) is 2.97. The Morgan fingerprint density at radius 2 is 2.41 bits per heavy atom. The maximum Gasteiger partial charge on any atom is 0.223 e. The van der Waals surface area contributed by atoms with Crippen LogP contribution in [0.3, 0.4) is 0 Å². The number of aryl methyl sites for hydroxylation is 1. The van der Waals surface area contributed by atoms with Crippen molar-refractivity contribution >= 4 is 17.2 Å². The van der Waals surface area contributed by atoms with Gasteiger partial charge >= 0.3 is 0 Å². The summed E-state index contributed by atoms with van der Waals surface area (Å²) in [6.45, 7) is 6.18. The lowest BCUT2D eigenvalue weighted by molar-refractivity contribution is -0.162. The number of rotatable bonds is 5. The van der Waals surface area contributed by atoms with E-state index in [0.717, 1.165) is 25.2 Å². The molecule has 4 nitrogen and oxygen atoms in total. The molecule has 5 heteroatoms. The number of hydrogen-bond donors (Lipinski definition) is 0. The van der Waals surface area contributed by atoms with Crippen LogP contribution in [0.5, 0.6) is 0 Å². The fourth-order valence-electron chi connectivity index (χ4n) is 2.13. The zero-order valence-electron chi connectivity index (χ0n) is 10.3. The molecule has 94 valence electrons. The van der Waals surface area contributed by atoms with Crippen LogP contribution in [0, 0.1) is 0 Å². The largest absolute Gasteiger partial charge is 0.372 e. The number of hydrogen-bond acceptors (Lipinski definition) is 4. The molecule has 1 fully saturated rings. The molecule has 1 aromatic heterocycles. The topological polar surface area (TPSA) is 42.4 Å². The van der Waals surface area contributed by atoms with Crippen LogP contribution in [-0.2, 0) is 16.0 Å². The molecule has 0 unspecified atom stereocenters. The van der Waals surface area contributed by atoms with E-state index in [-0.39, 0.29) is 11.5 Å². The van der Waals surface area contributed by atoms with E-state index in [9.17, 15) is 4.79 Å². The first-order chi connectivity index (χ1) is 8.13. The number of amides is 1. The van der Waals surface area contributed by atoms with Crippen molar-refractivity contribution in [1.82, 2.24) is 9.88 Å². The van der Waals surface area contributed by atoms with Gasteiger partial charge in [0.15, 0.2) is 0 Å². The zero-order chi connectivity index (χ0) is 12.3. The average Bonchev–Trinajstić information content (AvgIpc) is 2.75. The Labute approximate surface area is 106 Å². The lowest BCUT2D eigenvalue weighted by Crippen LogP contribution is -2.63. The van der Waals surface area contributed by atoms with Gasteiger partial charge in [-0.3, -0.25) is 4.79 Å². The first-order valence-electron chi connectivity index (χ1n) is 5.92. The second-order valence-corrected chi connectivity index (χ2v) is 5.33. The van der Waals surface area contributed by atoms with Crippen molar-refractivity contribution in [3.63, 3.8) is 0 Å². The summed E-state index contributed by atoms with van der Waals surface area (Å²) in [5.41, 5.74) is 2.69. The minimum absolute atomic E-state index is 0.120. The normalized spacial score (nSPS) is 17.9. The van der Waals surface area contributed by atoms with E-state index < -0.39 is 0 Å². The minimum atomic E-state index is -0.120. The maximum atomic E-state index is 11.9. The Hall–Kier alpha value is -0.940. The summed E-state index contributed by atoms with van der Waals surface area (Å²) in [4.78, 5) is 17.9. The fraction of sp³-hybridized carbons (Fsp3) is 0.667. The first kappa shape index (κ1) is 12.5. The van der Waals surface area contributed by atoms with Gasteiger partial charge < -0.3 is 9.64 Å². The van der Waals surface area contributed by atoms with Gasteiger partial charge in [-0.2, -0.15) is 0 Å². The number of ether oxygens (including phenoxy) is 1. The fourth-order valence-corrected chi connectivity index (χ4v) is 2.72. The SMILES string of the molecule is CCOC1(C)CN(C(=O)CCc2cscn2)C1. The highest BCUT2D eigenvalue weighted by molar-refractivity contribution is 7.07. The zero-order valence-corrected chi connectivity index (χ0v) is 11.1. The summed E-state index contributed by atoms with van der Waals surface area (Å²) < 4.78 is 5.59. The van der Waals surface area contributed by atoms with Crippen molar-refractivity contribution in [2.45, 2.75) is 32.3 Å². The van der Waals surface area contributed by atoms with Crippen molar-refractivity contribution in [3.05, 3.63) is 16.6 Å². The monoisotopic (exact) mass is 254 g/mol. The van der Waals surface area contributed by atoms with Gasteiger partial charge in [0.1, 0.15) is 5.60 Å². The molecule has 0 N–H and O–H groups in total. The maximum absolute atomic E-state index is 11.9. The molecular formula is C12H18N2O2S. The third-order valence-corrected chi connectivity index (χ3v) is 3.61. The van der Waals surface area contributed by atoms with Crippen LogP contribution in [0.15, 0.2) is 10.9 Å². The van der Waals surface area contributed by atoms with E-state index in [2.05, 4.69) is 11.9 Å². The number of aromatic nitrogens is 1. The summed E-state index contributed by atoms with van der Waals surface area (Å²) in [5, 5.41) is 1.99. The Kier molecular flexibility index (Phi) is 3.79. The first-order valence-corrected chi connectivity index (χ1v) is 6.86. The Balaban J connectivity index is 1.72. The van der Waals surface area contributed by atoms with Crippen molar-refractivity contribution in [2.75, 3.05) is 19.7 Å². The summed E-state index contributed by atoms with van der Waals surface area (Å²) in [7, 11) is 0. The standard InChI is InChI=1S/C12H18N2O2S/c1-3-16-12(2)7-14(8-12)11(15)5-4-10-6-17-9-13-10/h6,9H,3-5,7-8H2,1-2H3. The van der Waals surface area contributed by atoms with E-state index in [1.807, 2.05) is 17.2 Å². The van der Waals surface area contributed by atoms with Crippen LogP contribution in [0.4, 0.5) is 0 Å². The van der Waals surface area contributed by atoms with Gasteiger partial charge in [0.05, 0.1) is 24.3 Å². The van der Waals surface area contributed by atoms with Gasteiger partial charge in [-0.25, -0.2) is 4.98 Å². The summed E-state index contributed by atoms with van der Waals surface area (Å²) in [5.74, 6) is 0.204. The highest BCUT2D eigenvalue weighted by atomic mass is 32.1. The molecule has 1 amide bonds. The highest BCUT2D eigenvalue weighted by Gasteiger charge is 2.41. The number of nitrogens with zero attached hydrogens (tertiary/aromatic N) is 2. The van der Waals surface area contributed by atoms with Gasteiger partial charge in [-0.15, -0.1) is 11.3 Å². The molecular weight excluding hydrogens is 236 g/mol. The van der Waals surface area contributed by atoms with Gasteiger partial charge in [-0.05, 0) is 20.3 Å². The number of thiazole rings is 1. The molecule has 0 saturated carbocycles. The molecule has 0 spiro atoms. The van der Waals surface area contributed by atoms with Crippen molar-refractivity contribution in [1.29, 1.82) is 0 Å². The molecule has 0 bridgehead atoms. The van der Waals surface area contributed by atoms with Crippen molar-refractivity contribution in [3.8, 4) is 0 Å². The summed E-state index contributed by atoms with van der Waals surface area (Å²) in [6, 6.07) is 0. The molecule has 1 saturated heterocycles. The number of likely N-dealkylation sites (tertiary alicyclic amines) is 1. The minimum Gasteiger partial charge on any atom is -0.372 e. The van der Waals surface area contributed by atoms with Crippen LogP contribution < -0.4 is 0 Å². The third kappa shape index (κ3) is 3.04. The van der Waals surface area contributed by atoms with E-state index in [0.29, 0.717) is 13.0 Å². The molecule has 0 radical (unpaired) electrons. The molecule has 2 rings (SSSR count). The Morgan fingerprint density at radius 3 is 3.00 bits per heavy atom. The predicted octanol–water partition coefficient (Wildman–Crippen LogP) is 1.71. The lowest BCUT2D eigenvalue weighted by Gasteiger charge is -2.47. The van der Waals surface area contributed by atoms with Gasteiger partial charge in [0, 0.05) is 18.4 Å². The molecule has 1 aliphatic rings. The van der Waals surface area contributed by atoms with Gasteiger partial charge in [-0.1, -0.05) is 0 Å². The molecule has 17 heavy (non-hydrogen) atoms. The van der Waals surface area contributed by atoms with Gasteiger partial charge in [0.25, 0.3) is 0 Å². The number of carbonyl (C=O) groups is 1. The van der Waals surface area contributed by atoms with Crippen molar-refractivity contribution in [2.24, 2.45) is 0 Å². The van der Waals surface area contributed by atoms with Crippen LogP contribution in [0.1, 0.15) is 26.0 Å². The van der Waals surface area contributed by atoms with E-state index in [1.54, 1.807) is 16.8 Å². The second kappa shape index (κ2) is 5.14. The second-order valence-electron chi connectivity index (χ2n) is 4.61. The smallest absolute Gasteiger partial charge is 0.223 e. The molecule has 0 aromatic carbocycles. The summed E-state index contributed by atoms with van der Waals surface area (Å²) >= 11 is 1.57. The molecule has 1 aromatic rings. The van der Waals surface area contributed by atoms with Crippen LogP contribution in [0.25, 0.3) is 0 Å². The Bertz CT molecular complexity index is 372. The summed E-state index contributed by atoms with van der Waals surface area (Å²) in [6.07, 6.45) is 1.29.